The van der Waals surface area contributed by atoms with Gasteiger partial charge in [0.15, 0.2) is 0 Å². The number of ether oxygens (including phenoxy) is 1. The molecule has 0 amide bonds. The van der Waals surface area contributed by atoms with Crippen LogP contribution in [-0.4, -0.2) is 25.8 Å². The molecule has 0 radical (unpaired) electrons. The van der Waals surface area contributed by atoms with Crippen molar-refractivity contribution in [2.75, 3.05) is 13.7 Å². The molecule has 2 heteroatoms. The molecule has 2 atom stereocenters. The Morgan fingerprint density at radius 2 is 1.88 bits per heavy atom. The maximum absolute atomic E-state index is 6.24. The van der Waals surface area contributed by atoms with Crippen molar-refractivity contribution in [3.05, 3.63) is 0 Å². The summed E-state index contributed by atoms with van der Waals surface area (Å²) in [7, 11) is 2.08. The molecule has 0 spiro atoms. The summed E-state index contributed by atoms with van der Waals surface area (Å²) in [5, 5.41) is 3.44. The third kappa shape index (κ3) is 3.69. The minimum atomic E-state index is 0.435. The summed E-state index contributed by atoms with van der Waals surface area (Å²) in [5.41, 5.74) is 0.466. The van der Waals surface area contributed by atoms with Crippen molar-refractivity contribution in [1.29, 1.82) is 0 Å². The number of rotatable bonds is 4. The van der Waals surface area contributed by atoms with Gasteiger partial charge in [-0.25, -0.2) is 0 Å². The Bertz CT molecular complexity index is 233. The van der Waals surface area contributed by atoms with Crippen LogP contribution in [0.5, 0.6) is 0 Å². The molecule has 2 saturated carbocycles. The highest BCUT2D eigenvalue weighted by molar-refractivity contribution is 4.89. The topological polar surface area (TPSA) is 21.3 Å². The first-order valence-electron chi connectivity index (χ1n) is 7.39. The molecule has 0 saturated heterocycles. The summed E-state index contributed by atoms with van der Waals surface area (Å²) in [5.74, 6) is 0.845. The smallest absolute Gasteiger partial charge is 0.0733 e. The average Bonchev–Trinajstić information content (AvgIpc) is 2.78. The summed E-state index contributed by atoms with van der Waals surface area (Å²) in [4.78, 5) is 0. The average molecular weight is 239 g/mol. The van der Waals surface area contributed by atoms with Crippen molar-refractivity contribution in [1.82, 2.24) is 5.32 Å². The fourth-order valence-corrected chi connectivity index (χ4v) is 3.46. The number of nitrogens with one attached hydrogen (secondary N) is 1. The first kappa shape index (κ1) is 13.4. The lowest BCUT2D eigenvalue weighted by Gasteiger charge is -2.40. The molecular formula is C15H29NO. The second-order valence-electron chi connectivity index (χ2n) is 6.82. The van der Waals surface area contributed by atoms with Gasteiger partial charge in [0.25, 0.3) is 0 Å². The lowest BCUT2D eigenvalue weighted by Crippen LogP contribution is -2.46. The van der Waals surface area contributed by atoms with E-state index in [4.69, 9.17) is 4.74 Å². The highest BCUT2D eigenvalue weighted by Gasteiger charge is 2.35. The Morgan fingerprint density at radius 3 is 2.53 bits per heavy atom. The van der Waals surface area contributed by atoms with Crippen molar-refractivity contribution in [3.63, 3.8) is 0 Å². The van der Waals surface area contributed by atoms with E-state index in [9.17, 15) is 0 Å². The van der Waals surface area contributed by atoms with Gasteiger partial charge in [-0.15, -0.1) is 0 Å². The molecule has 0 aromatic rings. The summed E-state index contributed by atoms with van der Waals surface area (Å²) >= 11 is 0. The van der Waals surface area contributed by atoms with E-state index in [1.807, 2.05) is 0 Å². The fourth-order valence-electron chi connectivity index (χ4n) is 3.46. The predicted octanol–water partition coefficient (Wildman–Crippen LogP) is 3.36. The quantitative estimate of drug-likeness (QED) is 0.812. The molecule has 0 heterocycles. The molecular weight excluding hydrogens is 210 g/mol. The SMILES string of the molecule is CNC1CCC(C)(C)CC1OCC1CCCC1. The van der Waals surface area contributed by atoms with Crippen LogP contribution in [-0.2, 0) is 4.74 Å². The highest BCUT2D eigenvalue weighted by Crippen LogP contribution is 2.37. The normalized spacial score (nSPS) is 34.1. The van der Waals surface area contributed by atoms with Crippen molar-refractivity contribution >= 4 is 0 Å². The van der Waals surface area contributed by atoms with Crippen molar-refractivity contribution in [2.45, 2.75) is 70.9 Å². The van der Waals surface area contributed by atoms with Gasteiger partial charge in [-0.2, -0.15) is 0 Å². The fraction of sp³-hybridized carbons (Fsp3) is 1.00. The molecule has 2 aliphatic carbocycles. The van der Waals surface area contributed by atoms with Gasteiger partial charge in [0.05, 0.1) is 6.10 Å². The van der Waals surface area contributed by atoms with Gasteiger partial charge in [-0.05, 0) is 50.5 Å². The van der Waals surface area contributed by atoms with E-state index >= 15 is 0 Å². The molecule has 100 valence electrons. The van der Waals surface area contributed by atoms with E-state index in [-0.39, 0.29) is 0 Å². The van der Waals surface area contributed by atoms with Crippen LogP contribution < -0.4 is 5.32 Å². The first-order chi connectivity index (χ1) is 8.11. The number of hydrogen-bond donors (Lipinski definition) is 1. The third-order valence-corrected chi connectivity index (χ3v) is 4.73. The zero-order valence-electron chi connectivity index (χ0n) is 11.8. The van der Waals surface area contributed by atoms with Crippen LogP contribution >= 0.6 is 0 Å². The summed E-state index contributed by atoms with van der Waals surface area (Å²) in [6.45, 7) is 5.76. The molecule has 1 N–H and O–H groups in total. The Morgan fingerprint density at radius 1 is 1.18 bits per heavy atom. The number of likely N-dealkylation sites (N-methyl/N-ethyl adjacent to an activating group) is 1. The van der Waals surface area contributed by atoms with E-state index in [0.717, 1.165) is 12.5 Å². The van der Waals surface area contributed by atoms with E-state index in [1.165, 1.54) is 44.9 Å². The van der Waals surface area contributed by atoms with Crippen LogP contribution in [0.25, 0.3) is 0 Å². The van der Waals surface area contributed by atoms with Gasteiger partial charge in [0, 0.05) is 12.6 Å². The zero-order chi connectivity index (χ0) is 12.3. The molecule has 17 heavy (non-hydrogen) atoms. The third-order valence-electron chi connectivity index (χ3n) is 4.73. The molecule has 0 aliphatic heterocycles. The maximum atomic E-state index is 6.24. The second-order valence-corrected chi connectivity index (χ2v) is 6.82. The maximum Gasteiger partial charge on any atom is 0.0733 e. The van der Waals surface area contributed by atoms with Crippen molar-refractivity contribution in [2.24, 2.45) is 11.3 Å². The monoisotopic (exact) mass is 239 g/mol. The summed E-state index contributed by atoms with van der Waals surface area (Å²) in [6, 6.07) is 0.574. The van der Waals surface area contributed by atoms with E-state index in [2.05, 4.69) is 26.2 Å². The van der Waals surface area contributed by atoms with Crippen LogP contribution in [0.15, 0.2) is 0 Å². The van der Waals surface area contributed by atoms with E-state index in [0.29, 0.717) is 17.6 Å². The first-order valence-corrected chi connectivity index (χ1v) is 7.39. The Kier molecular flexibility index (Phi) is 4.48. The molecule has 0 aromatic heterocycles. The molecule has 2 nitrogen and oxygen atoms in total. The summed E-state index contributed by atoms with van der Waals surface area (Å²) < 4.78 is 6.24. The van der Waals surface area contributed by atoms with Crippen LogP contribution in [0.4, 0.5) is 0 Å². The zero-order valence-corrected chi connectivity index (χ0v) is 11.8. The minimum Gasteiger partial charge on any atom is -0.376 e. The Balaban J connectivity index is 1.82. The molecule has 2 unspecified atom stereocenters. The Labute approximate surface area is 107 Å². The van der Waals surface area contributed by atoms with Gasteiger partial charge < -0.3 is 10.1 Å². The van der Waals surface area contributed by atoms with Crippen molar-refractivity contribution in [3.8, 4) is 0 Å². The van der Waals surface area contributed by atoms with Gasteiger partial charge in [0.2, 0.25) is 0 Å². The second kappa shape index (κ2) is 5.71. The van der Waals surface area contributed by atoms with Crippen LogP contribution in [0, 0.1) is 11.3 Å². The van der Waals surface area contributed by atoms with Gasteiger partial charge >= 0.3 is 0 Å². The van der Waals surface area contributed by atoms with Gasteiger partial charge in [-0.3, -0.25) is 0 Å². The number of hydrogen-bond acceptors (Lipinski definition) is 2. The van der Waals surface area contributed by atoms with Gasteiger partial charge in [0.1, 0.15) is 0 Å². The minimum absolute atomic E-state index is 0.435. The molecule has 0 aromatic carbocycles. The van der Waals surface area contributed by atoms with Crippen LogP contribution in [0.2, 0.25) is 0 Å². The largest absolute Gasteiger partial charge is 0.376 e. The Hall–Kier alpha value is -0.0800. The van der Waals surface area contributed by atoms with E-state index in [1.54, 1.807) is 0 Å². The van der Waals surface area contributed by atoms with E-state index < -0.39 is 0 Å². The van der Waals surface area contributed by atoms with Gasteiger partial charge in [-0.1, -0.05) is 26.7 Å². The predicted molar refractivity (Wildman–Crippen MR) is 72.2 cm³/mol. The molecule has 2 aliphatic rings. The molecule has 0 bridgehead atoms. The lowest BCUT2D eigenvalue weighted by molar-refractivity contribution is -0.0392. The summed E-state index contributed by atoms with van der Waals surface area (Å²) in [6.07, 6.45) is 9.84. The van der Waals surface area contributed by atoms with Crippen LogP contribution in [0.3, 0.4) is 0 Å². The standard InChI is InChI=1S/C15H29NO/c1-15(2)9-8-13(16-3)14(10-15)17-11-12-6-4-5-7-12/h12-14,16H,4-11H2,1-3H3. The van der Waals surface area contributed by atoms with Crippen LogP contribution in [0.1, 0.15) is 58.8 Å². The lowest BCUT2D eigenvalue weighted by atomic mass is 9.74. The molecule has 2 rings (SSSR count). The molecule has 2 fully saturated rings. The van der Waals surface area contributed by atoms with Crippen molar-refractivity contribution < 1.29 is 4.74 Å². The highest BCUT2D eigenvalue weighted by atomic mass is 16.5.